The maximum atomic E-state index is 13.9. The van der Waals surface area contributed by atoms with E-state index in [9.17, 15) is 18.8 Å². The Morgan fingerprint density at radius 3 is 2.18 bits per heavy atom. The Bertz CT molecular complexity index is 1060. The number of halogens is 1. The van der Waals surface area contributed by atoms with E-state index in [4.69, 9.17) is 9.47 Å². The lowest BCUT2D eigenvalue weighted by molar-refractivity contribution is -0.144. The molecule has 0 aliphatic carbocycles. The monoisotopic (exact) mass is 467 g/mol. The average Bonchev–Trinajstić information content (AvgIpc) is 3.01. The Kier molecular flexibility index (Phi) is 8.21. The summed E-state index contributed by atoms with van der Waals surface area (Å²) in [5.41, 5.74) is 1.50. The summed E-state index contributed by atoms with van der Waals surface area (Å²) >= 11 is 0. The first-order valence-electron chi connectivity index (χ1n) is 11.5. The zero-order valence-corrected chi connectivity index (χ0v) is 19.8. The molecule has 1 amide bonds. The maximum Gasteiger partial charge on any atom is 0.310 e. The van der Waals surface area contributed by atoms with Gasteiger partial charge in [-0.15, -0.1) is 0 Å². The Morgan fingerprint density at radius 1 is 0.941 bits per heavy atom. The van der Waals surface area contributed by atoms with Gasteiger partial charge in [0, 0.05) is 6.42 Å². The number of carbonyl (C=O) groups excluding carboxylic acids is 3. The third-order valence-electron chi connectivity index (χ3n) is 6.00. The number of ether oxygens (including phenoxy) is 2. The lowest BCUT2D eigenvalue weighted by atomic mass is 9.77. The van der Waals surface area contributed by atoms with E-state index in [0.29, 0.717) is 16.8 Å². The van der Waals surface area contributed by atoms with Crippen molar-refractivity contribution in [1.29, 1.82) is 0 Å². The second-order valence-corrected chi connectivity index (χ2v) is 8.33. The number of esters is 2. The minimum atomic E-state index is -1.13. The van der Waals surface area contributed by atoms with Crippen LogP contribution >= 0.6 is 0 Å². The molecule has 0 bridgehead atoms. The van der Waals surface area contributed by atoms with Gasteiger partial charge in [0.05, 0.1) is 37.3 Å². The van der Waals surface area contributed by atoms with Gasteiger partial charge < -0.3 is 14.4 Å². The number of rotatable bonds is 10. The largest absolute Gasteiger partial charge is 0.466 e. The van der Waals surface area contributed by atoms with Crippen LogP contribution in [0.15, 0.2) is 60.2 Å². The Morgan fingerprint density at radius 2 is 1.56 bits per heavy atom. The van der Waals surface area contributed by atoms with Gasteiger partial charge in [0.2, 0.25) is 5.91 Å². The molecule has 1 atom stereocenters. The van der Waals surface area contributed by atoms with E-state index < -0.39 is 23.2 Å². The Labute approximate surface area is 199 Å². The van der Waals surface area contributed by atoms with Crippen molar-refractivity contribution in [3.8, 4) is 0 Å². The molecule has 1 heterocycles. The molecule has 0 radical (unpaired) electrons. The highest BCUT2D eigenvalue weighted by Crippen LogP contribution is 2.49. The molecule has 1 aliphatic rings. The third kappa shape index (κ3) is 5.53. The molecular formula is C27H30FNO5. The van der Waals surface area contributed by atoms with Crippen molar-refractivity contribution in [3.63, 3.8) is 0 Å². The number of hydrogen-bond acceptors (Lipinski definition) is 5. The van der Waals surface area contributed by atoms with E-state index in [-0.39, 0.29) is 44.9 Å². The molecule has 180 valence electrons. The molecule has 0 saturated carbocycles. The molecule has 0 spiro atoms. The van der Waals surface area contributed by atoms with Crippen molar-refractivity contribution in [1.82, 2.24) is 4.90 Å². The van der Waals surface area contributed by atoms with Crippen LogP contribution in [0.3, 0.4) is 0 Å². The molecule has 34 heavy (non-hydrogen) atoms. The topological polar surface area (TPSA) is 72.9 Å². The van der Waals surface area contributed by atoms with E-state index >= 15 is 0 Å². The Balaban J connectivity index is 2.12. The van der Waals surface area contributed by atoms with Crippen molar-refractivity contribution < 1.29 is 28.2 Å². The number of hydrogen-bond donors (Lipinski definition) is 0. The van der Waals surface area contributed by atoms with E-state index in [1.165, 1.54) is 12.1 Å². The first-order valence-corrected chi connectivity index (χ1v) is 11.5. The molecule has 2 aromatic carbocycles. The normalized spacial score (nSPS) is 17.8. The van der Waals surface area contributed by atoms with Crippen LogP contribution in [0.1, 0.15) is 51.2 Å². The van der Waals surface area contributed by atoms with Crippen LogP contribution < -0.4 is 0 Å². The zero-order chi connectivity index (χ0) is 24.7. The molecule has 1 unspecified atom stereocenters. The highest BCUT2D eigenvalue weighted by Gasteiger charge is 2.50. The SMILES string of the molecule is CCOC(=O)CCC1(C)C(=O)N(Cc2ccccc2)C(c2ccc(F)cc2)=C1CC(=O)OCC. The van der Waals surface area contributed by atoms with Gasteiger partial charge in [-0.2, -0.15) is 0 Å². The molecule has 0 aromatic heterocycles. The summed E-state index contributed by atoms with van der Waals surface area (Å²) in [6.07, 6.45) is 0.0879. The first kappa shape index (κ1) is 25.1. The maximum absolute atomic E-state index is 13.9. The molecule has 2 aromatic rings. The van der Waals surface area contributed by atoms with Crippen LogP contribution in [0.5, 0.6) is 0 Å². The smallest absolute Gasteiger partial charge is 0.310 e. The summed E-state index contributed by atoms with van der Waals surface area (Å²) < 4.78 is 24.0. The summed E-state index contributed by atoms with van der Waals surface area (Å²) in [6, 6.07) is 15.3. The van der Waals surface area contributed by atoms with Gasteiger partial charge in [0.15, 0.2) is 0 Å². The van der Waals surface area contributed by atoms with Gasteiger partial charge in [-0.3, -0.25) is 14.4 Å². The van der Waals surface area contributed by atoms with E-state index in [2.05, 4.69) is 0 Å². The Hall–Kier alpha value is -3.48. The molecule has 1 aliphatic heterocycles. The first-order chi connectivity index (χ1) is 16.3. The zero-order valence-electron chi connectivity index (χ0n) is 19.8. The molecule has 0 N–H and O–H groups in total. The quantitative estimate of drug-likeness (QED) is 0.466. The average molecular weight is 468 g/mol. The summed E-state index contributed by atoms with van der Waals surface area (Å²) in [6.45, 7) is 5.91. The van der Waals surface area contributed by atoms with Crippen LogP contribution in [0.4, 0.5) is 4.39 Å². The van der Waals surface area contributed by atoms with Crippen LogP contribution in [0, 0.1) is 11.2 Å². The molecular weight excluding hydrogens is 437 g/mol. The van der Waals surface area contributed by atoms with Gasteiger partial charge in [0.1, 0.15) is 5.82 Å². The van der Waals surface area contributed by atoms with E-state index in [1.807, 2.05) is 30.3 Å². The van der Waals surface area contributed by atoms with Gasteiger partial charge in [-0.25, -0.2) is 4.39 Å². The minimum absolute atomic E-state index is 0.0261. The molecule has 3 rings (SSSR count). The predicted molar refractivity (Wildman–Crippen MR) is 126 cm³/mol. The number of nitrogens with zero attached hydrogens (tertiary/aromatic N) is 1. The number of carbonyl (C=O) groups is 3. The molecule has 0 saturated heterocycles. The van der Waals surface area contributed by atoms with E-state index in [1.54, 1.807) is 37.8 Å². The van der Waals surface area contributed by atoms with Crippen molar-refractivity contribution >= 4 is 23.5 Å². The highest BCUT2D eigenvalue weighted by atomic mass is 19.1. The van der Waals surface area contributed by atoms with Gasteiger partial charge in [-0.1, -0.05) is 30.3 Å². The fraction of sp³-hybridized carbons (Fsp3) is 0.370. The second-order valence-electron chi connectivity index (χ2n) is 8.33. The summed E-state index contributed by atoms with van der Waals surface area (Å²) in [4.78, 5) is 40.3. The van der Waals surface area contributed by atoms with Crippen LogP contribution in [-0.4, -0.2) is 36.0 Å². The summed E-state index contributed by atoms with van der Waals surface area (Å²) in [7, 11) is 0. The summed E-state index contributed by atoms with van der Waals surface area (Å²) in [5.74, 6) is -1.50. The van der Waals surface area contributed by atoms with Crippen LogP contribution in [0.25, 0.3) is 5.70 Å². The van der Waals surface area contributed by atoms with Crippen LogP contribution in [0.2, 0.25) is 0 Å². The number of benzene rings is 2. The fourth-order valence-electron chi connectivity index (χ4n) is 4.29. The van der Waals surface area contributed by atoms with Crippen LogP contribution in [-0.2, 0) is 30.4 Å². The van der Waals surface area contributed by atoms with Gasteiger partial charge in [-0.05, 0) is 68.2 Å². The van der Waals surface area contributed by atoms with Crippen molar-refractivity contribution in [2.75, 3.05) is 13.2 Å². The standard InChI is InChI=1S/C27H30FNO5/c1-4-33-23(30)15-16-27(3)22(17-24(31)34-5-2)25(20-11-13-21(28)14-12-20)29(26(27)32)18-19-9-7-6-8-10-19/h6-14H,4-5,15-18H2,1-3H3. The van der Waals surface area contributed by atoms with Gasteiger partial charge >= 0.3 is 11.9 Å². The van der Waals surface area contributed by atoms with E-state index in [0.717, 1.165) is 5.56 Å². The molecule has 7 heteroatoms. The number of amides is 1. The lowest BCUT2D eigenvalue weighted by Crippen LogP contribution is -2.35. The lowest BCUT2D eigenvalue weighted by Gasteiger charge is -2.27. The fourth-order valence-corrected chi connectivity index (χ4v) is 4.29. The second kappa shape index (κ2) is 11.1. The predicted octanol–water partition coefficient (Wildman–Crippen LogP) is 4.88. The van der Waals surface area contributed by atoms with Crippen molar-refractivity contribution in [2.45, 2.75) is 46.6 Å². The van der Waals surface area contributed by atoms with Gasteiger partial charge in [0.25, 0.3) is 0 Å². The third-order valence-corrected chi connectivity index (χ3v) is 6.00. The summed E-state index contributed by atoms with van der Waals surface area (Å²) in [5, 5.41) is 0. The minimum Gasteiger partial charge on any atom is -0.466 e. The highest BCUT2D eigenvalue weighted by molar-refractivity contribution is 6.02. The molecule has 0 fully saturated rings. The molecule has 6 nitrogen and oxygen atoms in total. The van der Waals surface area contributed by atoms with Crippen molar-refractivity contribution in [3.05, 3.63) is 77.1 Å². The van der Waals surface area contributed by atoms with Crippen molar-refractivity contribution in [2.24, 2.45) is 5.41 Å².